The molecular formula is C9H9BrN2O. The Bertz CT molecular complexity index is 351. The number of nitrogens with one attached hydrogen (secondary N) is 1. The number of rotatable bonds is 1. The van der Waals surface area contributed by atoms with E-state index in [0.717, 1.165) is 16.6 Å². The first-order valence-corrected chi connectivity index (χ1v) is 4.82. The van der Waals surface area contributed by atoms with Crippen LogP contribution in [0.3, 0.4) is 0 Å². The lowest BCUT2D eigenvalue weighted by Gasteiger charge is -2.10. The van der Waals surface area contributed by atoms with E-state index in [1.54, 1.807) is 6.07 Å². The van der Waals surface area contributed by atoms with Crippen LogP contribution in [0.15, 0.2) is 29.4 Å². The zero-order chi connectivity index (χ0) is 9.26. The van der Waals surface area contributed by atoms with Gasteiger partial charge < -0.3 is 10.5 Å². The van der Waals surface area contributed by atoms with Gasteiger partial charge in [0.05, 0.1) is 6.04 Å². The maximum Gasteiger partial charge on any atom is 0.120 e. The molecule has 0 fully saturated rings. The summed E-state index contributed by atoms with van der Waals surface area (Å²) >= 11 is 3.31. The van der Waals surface area contributed by atoms with Gasteiger partial charge in [0, 0.05) is 12.0 Å². The van der Waals surface area contributed by atoms with Crippen molar-refractivity contribution in [3.63, 3.8) is 0 Å². The number of phenolic OH excluding ortho intramolecular Hbond substituents is 1. The summed E-state index contributed by atoms with van der Waals surface area (Å²) in [6.45, 7) is 0. The molecule has 13 heavy (non-hydrogen) atoms. The first kappa shape index (κ1) is 8.56. The fourth-order valence-corrected chi connectivity index (χ4v) is 1.80. The van der Waals surface area contributed by atoms with E-state index in [0.29, 0.717) is 5.75 Å². The van der Waals surface area contributed by atoms with Crippen molar-refractivity contribution in [3.05, 3.63) is 29.8 Å². The summed E-state index contributed by atoms with van der Waals surface area (Å²) in [7, 11) is 0. The topological polar surface area (TPSA) is 44.6 Å². The van der Waals surface area contributed by atoms with E-state index in [-0.39, 0.29) is 6.04 Å². The van der Waals surface area contributed by atoms with E-state index in [1.807, 2.05) is 18.2 Å². The number of benzene rings is 1. The number of hydrogen-bond acceptors (Lipinski definition) is 3. The molecule has 1 aromatic carbocycles. The van der Waals surface area contributed by atoms with Gasteiger partial charge in [-0.05, 0) is 22.0 Å². The second kappa shape index (κ2) is 3.38. The van der Waals surface area contributed by atoms with Gasteiger partial charge in [-0.15, -0.1) is 0 Å². The molecule has 1 heterocycles. The lowest BCUT2D eigenvalue weighted by Crippen LogP contribution is -2.09. The molecule has 3 nitrogen and oxygen atoms in total. The quantitative estimate of drug-likeness (QED) is 0.791. The van der Waals surface area contributed by atoms with Gasteiger partial charge in [-0.2, -0.15) is 5.10 Å². The second-order valence-corrected chi connectivity index (χ2v) is 3.85. The van der Waals surface area contributed by atoms with Crippen LogP contribution in [0, 0.1) is 0 Å². The molecule has 0 aromatic heterocycles. The standard InChI is InChI=1S/C9H9BrN2O/c10-9-5-7(11-12-9)6-3-1-2-4-8(6)13/h1-4,7,11,13H,5H2. The molecule has 68 valence electrons. The summed E-state index contributed by atoms with van der Waals surface area (Å²) in [6, 6.07) is 7.39. The van der Waals surface area contributed by atoms with Crippen LogP contribution in [-0.2, 0) is 0 Å². The fraction of sp³-hybridized carbons (Fsp3) is 0.222. The molecule has 0 bridgehead atoms. The Morgan fingerprint density at radius 1 is 1.46 bits per heavy atom. The molecule has 0 aliphatic carbocycles. The summed E-state index contributed by atoms with van der Waals surface area (Å²) in [4.78, 5) is 0. The van der Waals surface area contributed by atoms with Gasteiger partial charge in [0.1, 0.15) is 10.4 Å². The van der Waals surface area contributed by atoms with Crippen LogP contribution in [-0.4, -0.2) is 9.73 Å². The molecule has 1 atom stereocenters. The first-order chi connectivity index (χ1) is 6.27. The molecule has 0 saturated carbocycles. The number of nitrogens with zero attached hydrogens (tertiary/aromatic N) is 1. The molecular weight excluding hydrogens is 232 g/mol. The number of phenols is 1. The molecule has 0 saturated heterocycles. The van der Waals surface area contributed by atoms with Crippen molar-refractivity contribution in [1.29, 1.82) is 0 Å². The van der Waals surface area contributed by atoms with Gasteiger partial charge in [0.25, 0.3) is 0 Å². The maximum atomic E-state index is 9.55. The molecule has 4 heteroatoms. The van der Waals surface area contributed by atoms with Crippen LogP contribution in [0.2, 0.25) is 0 Å². The number of hydrogen-bond donors (Lipinski definition) is 2. The largest absolute Gasteiger partial charge is 0.508 e. The van der Waals surface area contributed by atoms with Gasteiger partial charge in [0.15, 0.2) is 0 Å². The smallest absolute Gasteiger partial charge is 0.120 e. The van der Waals surface area contributed by atoms with Crippen molar-refractivity contribution < 1.29 is 5.11 Å². The van der Waals surface area contributed by atoms with Gasteiger partial charge >= 0.3 is 0 Å². The summed E-state index contributed by atoms with van der Waals surface area (Å²) in [5, 5.41) is 13.6. The van der Waals surface area contributed by atoms with Crippen LogP contribution >= 0.6 is 15.9 Å². The number of para-hydroxylation sites is 1. The van der Waals surface area contributed by atoms with E-state index in [9.17, 15) is 5.11 Å². The second-order valence-electron chi connectivity index (χ2n) is 2.93. The monoisotopic (exact) mass is 240 g/mol. The molecule has 1 unspecified atom stereocenters. The van der Waals surface area contributed by atoms with Gasteiger partial charge in [-0.1, -0.05) is 18.2 Å². The summed E-state index contributed by atoms with van der Waals surface area (Å²) in [6.07, 6.45) is 0.789. The molecule has 0 amide bonds. The normalized spacial score (nSPS) is 21.0. The Morgan fingerprint density at radius 3 is 2.85 bits per heavy atom. The van der Waals surface area contributed by atoms with Crippen LogP contribution < -0.4 is 5.43 Å². The Labute approximate surface area is 84.6 Å². The fourth-order valence-electron chi connectivity index (χ4n) is 1.37. The summed E-state index contributed by atoms with van der Waals surface area (Å²) < 4.78 is 0.890. The average Bonchev–Trinajstić information content (AvgIpc) is 2.53. The zero-order valence-electron chi connectivity index (χ0n) is 6.87. The summed E-state index contributed by atoms with van der Waals surface area (Å²) in [5.41, 5.74) is 3.83. The minimum absolute atomic E-state index is 0.0931. The molecule has 2 N–H and O–H groups in total. The lowest BCUT2D eigenvalue weighted by molar-refractivity contribution is 0.455. The van der Waals surface area contributed by atoms with Crippen LogP contribution in [0.25, 0.3) is 0 Å². The highest BCUT2D eigenvalue weighted by Gasteiger charge is 2.20. The molecule has 1 aliphatic heterocycles. The van der Waals surface area contributed by atoms with Crippen molar-refractivity contribution in [2.45, 2.75) is 12.5 Å². The Morgan fingerprint density at radius 2 is 2.23 bits per heavy atom. The third-order valence-corrected chi connectivity index (χ3v) is 2.53. The first-order valence-electron chi connectivity index (χ1n) is 4.03. The van der Waals surface area contributed by atoms with Crippen LogP contribution in [0.4, 0.5) is 0 Å². The van der Waals surface area contributed by atoms with Crippen LogP contribution in [0.1, 0.15) is 18.0 Å². The highest BCUT2D eigenvalue weighted by Crippen LogP contribution is 2.29. The molecule has 2 rings (SSSR count). The van der Waals surface area contributed by atoms with E-state index in [4.69, 9.17) is 0 Å². The van der Waals surface area contributed by atoms with E-state index in [2.05, 4.69) is 26.5 Å². The lowest BCUT2D eigenvalue weighted by atomic mass is 10.0. The van der Waals surface area contributed by atoms with Crippen molar-refractivity contribution >= 4 is 20.6 Å². The van der Waals surface area contributed by atoms with Crippen molar-refractivity contribution in [3.8, 4) is 5.75 Å². The van der Waals surface area contributed by atoms with E-state index in [1.165, 1.54) is 0 Å². The maximum absolute atomic E-state index is 9.55. The SMILES string of the molecule is Oc1ccccc1C1CC(Br)=NN1. The Kier molecular flexibility index (Phi) is 2.22. The van der Waals surface area contributed by atoms with Crippen LogP contribution in [0.5, 0.6) is 5.75 Å². The molecule has 1 aromatic rings. The molecule has 0 radical (unpaired) electrons. The van der Waals surface area contributed by atoms with Crippen molar-refractivity contribution in [1.82, 2.24) is 5.43 Å². The molecule has 1 aliphatic rings. The molecule has 0 spiro atoms. The predicted octanol–water partition coefficient (Wildman–Crippen LogP) is 2.14. The zero-order valence-corrected chi connectivity index (χ0v) is 8.45. The number of aromatic hydroxyl groups is 1. The van der Waals surface area contributed by atoms with Crippen molar-refractivity contribution in [2.75, 3.05) is 0 Å². The van der Waals surface area contributed by atoms with Gasteiger partial charge in [0.2, 0.25) is 0 Å². The minimum Gasteiger partial charge on any atom is -0.508 e. The number of halogens is 1. The predicted molar refractivity (Wildman–Crippen MR) is 55.0 cm³/mol. The highest BCUT2D eigenvalue weighted by molar-refractivity contribution is 9.18. The van der Waals surface area contributed by atoms with Crippen molar-refractivity contribution in [2.24, 2.45) is 5.10 Å². The van der Waals surface area contributed by atoms with E-state index < -0.39 is 0 Å². The highest BCUT2D eigenvalue weighted by atomic mass is 79.9. The van der Waals surface area contributed by atoms with Gasteiger partial charge in [-0.3, -0.25) is 0 Å². The van der Waals surface area contributed by atoms with E-state index >= 15 is 0 Å². The average molecular weight is 241 g/mol. The minimum atomic E-state index is 0.0931. The Hall–Kier alpha value is -1.03. The number of hydrazone groups is 1. The van der Waals surface area contributed by atoms with Gasteiger partial charge in [-0.25, -0.2) is 0 Å². The third-order valence-electron chi connectivity index (χ3n) is 2.03. The third kappa shape index (κ3) is 1.67. The Balaban J connectivity index is 2.23. The summed E-state index contributed by atoms with van der Waals surface area (Å²) in [5.74, 6) is 0.317.